The molecular formula is C18H28N5O3+. The maximum Gasteiger partial charge on any atom is 0.332 e. The maximum atomic E-state index is 12.8. The number of carbonyl (C=O) groups is 1. The van der Waals surface area contributed by atoms with E-state index in [9.17, 15) is 14.4 Å². The molecule has 0 spiro atoms. The average Bonchev–Trinajstić information content (AvgIpc) is 2.96. The van der Waals surface area contributed by atoms with Crippen LogP contribution in [0, 0.1) is 5.92 Å². The molecule has 26 heavy (non-hydrogen) atoms. The first-order valence-electron chi connectivity index (χ1n) is 9.23. The third-order valence-corrected chi connectivity index (χ3v) is 5.61. The summed E-state index contributed by atoms with van der Waals surface area (Å²) >= 11 is 0. The molecule has 3 heterocycles. The van der Waals surface area contributed by atoms with Gasteiger partial charge in [0.2, 0.25) is 0 Å². The zero-order chi connectivity index (χ0) is 19.2. The van der Waals surface area contributed by atoms with Crippen LogP contribution in [0.25, 0.3) is 11.2 Å². The third kappa shape index (κ3) is 3.02. The lowest BCUT2D eigenvalue weighted by molar-refractivity contribution is -0.922. The highest BCUT2D eigenvalue weighted by molar-refractivity contribution is 5.82. The van der Waals surface area contributed by atoms with Gasteiger partial charge < -0.3 is 9.47 Å². The Balaban J connectivity index is 2.21. The van der Waals surface area contributed by atoms with Crippen LogP contribution in [0.3, 0.4) is 0 Å². The van der Waals surface area contributed by atoms with Crippen molar-refractivity contribution in [2.45, 2.75) is 46.2 Å². The monoisotopic (exact) mass is 362 g/mol. The standard InChI is InChI=1S/C18H27N5O3/c1-11-7-6-8-22(9-11)10-14-19-16-15(23(14)12(2)13(3)24)17(25)21(5)18(26)20(16)4/h11-12H,6-10H2,1-5H3/p+1/t11-,12+/m1/s1. The number of carbonyl (C=O) groups excluding carboxylic acids is 1. The summed E-state index contributed by atoms with van der Waals surface area (Å²) in [6.45, 7) is 8.30. The molecule has 1 unspecified atom stereocenters. The van der Waals surface area contributed by atoms with Crippen molar-refractivity contribution >= 4 is 16.9 Å². The maximum absolute atomic E-state index is 12.8. The Morgan fingerprint density at radius 1 is 1.31 bits per heavy atom. The van der Waals surface area contributed by atoms with Gasteiger partial charge >= 0.3 is 5.69 Å². The molecule has 0 radical (unpaired) electrons. The minimum atomic E-state index is -0.498. The van der Waals surface area contributed by atoms with Crippen LogP contribution in [-0.4, -0.2) is 37.6 Å². The van der Waals surface area contributed by atoms with Crippen LogP contribution < -0.4 is 16.1 Å². The molecule has 1 N–H and O–H groups in total. The van der Waals surface area contributed by atoms with Gasteiger partial charge in [-0.2, -0.15) is 0 Å². The molecule has 0 saturated carbocycles. The Labute approximate surface area is 152 Å². The zero-order valence-corrected chi connectivity index (χ0v) is 16.2. The Morgan fingerprint density at radius 3 is 2.62 bits per heavy atom. The summed E-state index contributed by atoms with van der Waals surface area (Å²) in [7, 11) is 3.07. The Bertz CT molecular complexity index is 968. The van der Waals surface area contributed by atoms with E-state index in [1.54, 1.807) is 18.5 Å². The summed E-state index contributed by atoms with van der Waals surface area (Å²) in [4.78, 5) is 43.2. The van der Waals surface area contributed by atoms with E-state index in [0.29, 0.717) is 29.5 Å². The summed E-state index contributed by atoms with van der Waals surface area (Å²) in [5.41, 5.74) is -0.132. The number of imidazole rings is 1. The van der Waals surface area contributed by atoms with E-state index in [4.69, 9.17) is 0 Å². The normalized spacial score (nSPS) is 21.9. The van der Waals surface area contributed by atoms with Gasteiger partial charge in [0.05, 0.1) is 19.1 Å². The molecule has 2 aromatic heterocycles. The van der Waals surface area contributed by atoms with Crippen LogP contribution in [0.5, 0.6) is 0 Å². The summed E-state index contributed by atoms with van der Waals surface area (Å²) in [6.07, 6.45) is 2.40. The van der Waals surface area contributed by atoms with Crippen LogP contribution in [0.2, 0.25) is 0 Å². The molecule has 3 atom stereocenters. The fourth-order valence-corrected chi connectivity index (χ4v) is 3.97. The van der Waals surface area contributed by atoms with Gasteiger partial charge in [-0.05, 0) is 26.7 Å². The summed E-state index contributed by atoms with van der Waals surface area (Å²) in [5.74, 6) is 1.31. The van der Waals surface area contributed by atoms with Gasteiger partial charge in [-0.1, -0.05) is 6.92 Å². The first-order valence-corrected chi connectivity index (χ1v) is 9.23. The van der Waals surface area contributed by atoms with Crippen molar-refractivity contribution in [1.82, 2.24) is 18.7 Å². The molecule has 2 aromatic rings. The van der Waals surface area contributed by atoms with Gasteiger partial charge in [-0.25, -0.2) is 9.78 Å². The quantitative estimate of drug-likeness (QED) is 0.787. The highest BCUT2D eigenvalue weighted by Gasteiger charge is 2.28. The van der Waals surface area contributed by atoms with Gasteiger partial charge in [-0.15, -0.1) is 0 Å². The molecule has 0 aliphatic carbocycles. The number of fused-ring (bicyclic) bond motifs is 1. The highest BCUT2D eigenvalue weighted by atomic mass is 16.2. The highest BCUT2D eigenvalue weighted by Crippen LogP contribution is 2.18. The lowest BCUT2D eigenvalue weighted by atomic mass is 10.0. The molecule has 1 aliphatic rings. The van der Waals surface area contributed by atoms with E-state index in [-0.39, 0.29) is 5.78 Å². The number of nitrogens with one attached hydrogen (secondary N) is 1. The molecule has 0 bridgehead atoms. The van der Waals surface area contributed by atoms with Crippen LogP contribution in [0.4, 0.5) is 0 Å². The van der Waals surface area contributed by atoms with Crippen molar-refractivity contribution in [2.75, 3.05) is 13.1 Å². The molecule has 1 aliphatic heterocycles. The van der Waals surface area contributed by atoms with Crippen molar-refractivity contribution in [1.29, 1.82) is 0 Å². The van der Waals surface area contributed by atoms with Crippen molar-refractivity contribution in [3.05, 3.63) is 26.7 Å². The number of hydrogen-bond donors (Lipinski definition) is 1. The van der Waals surface area contributed by atoms with Gasteiger partial charge in [0.1, 0.15) is 6.54 Å². The number of aryl methyl sites for hydroxylation is 1. The molecular weight excluding hydrogens is 334 g/mol. The minimum absolute atomic E-state index is 0.0385. The fourth-order valence-electron chi connectivity index (χ4n) is 3.97. The second-order valence-electron chi connectivity index (χ2n) is 7.69. The summed E-state index contributed by atoms with van der Waals surface area (Å²) in [5, 5.41) is 0. The summed E-state index contributed by atoms with van der Waals surface area (Å²) < 4.78 is 4.20. The molecule has 142 valence electrons. The van der Waals surface area contributed by atoms with E-state index in [1.165, 1.54) is 36.3 Å². The number of piperidine rings is 1. The average molecular weight is 362 g/mol. The van der Waals surface area contributed by atoms with Crippen LogP contribution in [-0.2, 0) is 25.4 Å². The van der Waals surface area contributed by atoms with Gasteiger partial charge in [0.25, 0.3) is 5.56 Å². The predicted octanol–water partition coefficient (Wildman–Crippen LogP) is -0.601. The molecule has 1 fully saturated rings. The van der Waals surface area contributed by atoms with Gasteiger partial charge in [0, 0.05) is 20.0 Å². The lowest BCUT2D eigenvalue weighted by Crippen LogP contribution is -3.12. The van der Waals surface area contributed by atoms with Crippen molar-refractivity contribution in [3.63, 3.8) is 0 Å². The van der Waals surface area contributed by atoms with E-state index >= 15 is 0 Å². The lowest BCUT2D eigenvalue weighted by Gasteiger charge is -2.28. The molecule has 3 rings (SSSR count). The topological polar surface area (TPSA) is 83.3 Å². The number of likely N-dealkylation sites (tertiary alicyclic amines) is 1. The second kappa shape index (κ2) is 6.83. The van der Waals surface area contributed by atoms with Gasteiger partial charge in [0.15, 0.2) is 22.8 Å². The number of hydrogen-bond acceptors (Lipinski definition) is 4. The Kier molecular flexibility index (Phi) is 4.88. The van der Waals surface area contributed by atoms with Crippen molar-refractivity contribution in [2.24, 2.45) is 20.0 Å². The van der Waals surface area contributed by atoms with Crippen LogP contribution in [0.15, 0.2) is 9.59 Å². The van der Waals surface area contributed by atoms with E-state index in [0.717, 1.165) is 17.7 Å². The molecule has 0 aromatic carbocycles. The molecule has 8 heteroatoms. The Morgan fingerprint density at radius 2 is 2.00 bits per heavy atom. The number of nitrogens with zero attached hydrogens (tertiary/aromatic N) is 4. The molecule has 1 saturated heterocycles. The first kappa shape index (κ1) is 18.6. The van der Waals surface area contributed by atoms with E-state index in [2.05, 4.69) is 11.9 Å². The van der Waals surface area contributed by atoms with Crippen molar-refractivity contribution in [3.8, 4) is 0 Å². The van der Waals surface area contributed by atoms with Crippen LogP contribution in [0.1, 0.15) is 45.5 Å². The van der Waals surface area contributed by atoms with Gasteiger partial charge in [-0.3, -0.25) is 18.7 Å². The number of Topliss-reactive ketones (excluding diaryl/α,β-unsaturated/α-hetero) is 1. The number of rotatable bonds is 4. The van der Waals surface area contributed by atoms with E-state index in [1.807, 2.05) is 0 Å². The van der Waals surface area contributed by atoms with Crippen molar-refractivity contribution < 1.29 is 9.69 Å². The zero-order valence-electron chi connectivity index (χ0n) is 16.2. The largest absolute Gasteiger partial charge is 0.332 e. The third-order valence-electron chi connectivity index (χ3n) is 5.61. The minimum Gasteiger partial charge on any atom is -0.328 e. The SMILES string of the molecule is CC(=O)[C@H](C)n1c(C[NH+]2CCC[C@@H](C)C2)nc2c1c(=O)n(C)c(=O)n2C. The fraction of sp³-hybridized carbons (Fsp3) is 0.667. The number of ketones is 1. The predicted molar refractivity (Wildman–Crippen MR) is 98.4 cm³/mol. The smallest absolute Gasteiger partial charge is 0.328 e. The van der Waals surface area contributed by atoms with Crippen LogP contribution >= 0.6 is 0 Å². The summed E-state index contributed by atoms with van der Waals surface area (Å²) in [6, 6.07) is -0.498. The number of aromatic nitrogens is 4. The second-order valence-corrected chi connectivity index (χ2v) is 7.69. The Hall–Kier alpha value is -2.22. The first-order chi connectivity index (χ1) is 12.2. The molecule has 8 nitrogen and oxygen atoms in total. The molecule has 0 amide bonds. The number of quaternary nitrogens is 1. The van der Waals surface area contributed by atoms with E-state index < -0.39 is 17.3 Å².